The zero-order valence-corrected chi connectivity index (χ0v) is 17.2. The molecule has 3 aromatic rings. The van der Waals surface area contributed by atoms with E-state index in [0.717, 1.165) is 5.56 Å². The van der Waals surface area contributed by atoms with Gasteiger partial charge in [0.2, 0.25) is 5.95 Å². The number of aliphatic hydroxyl groups is 1. The molecule has 0 radical (unpaired) electrons. The van der Waals surface area contributed by atoms with Crippen LogP contribution in [-0.4, -0.2) is 50.0 Å². The maximum absolute atomic E-state index is 12.5. The third-order valence-corrected chi connectivity index (χ3v) is 4.89. The number of rotatable bonds is 8. The number of nitrogens with one attached hydrogen (secondary N) is 1. The molecule has 156 valence electrons. The Morgan fingerprint density at radius 1 is 1.21 bits per heavy atom. The van der Waals surface area contributed by atoms with E-state index in [0.29, 0.717) is 24.8 Å². The third-order valence-electron chi connectivity index (χ3n) is 4.89. The SMILES string of the molecule is CCN(CC)c1nc2c(c(=O)[nH]c(=O)n2C)n1C[C@@H](O)COc1ccc(C)cc1. The first-order valence-electron chi connectivity index (χ1n) is 9.67. The van der Waals surface area contributed by atoms with Gasteiger partial charge in [0.15, 0.2) is 11.2 Å². The Kier molecular flexibility index (Phi) is 6.07. The highest BCUT2D eigenvalue weighted by Crippen LogP contribution is 2.20. The smallest absolute Gasteiger partial charge is 0.329 e. The molecule has 0 amide bonds. The molecule has 9 nitrogen and oxygen atoms in total. The Morgan fingerprint density at radius 3 is 2.48 bits per heavy atom. The molecule has 1 atom stereocenters. The number of nitrogens with zero attached hydrogens (tertiary/aromatic N) is 4. The highest BCUT2D eigenvalue weighted by atomic mass is 16.5. The molecule has 9 heteroatoms. The monoisotopic (exact) mass is 401 g/mol. The quantitative estimate of drug-likeness (QED) is 0.584. The van der Waals surface area contributed by atoms with Gasteiger partial charge in [-0.1, -0.05) is 17.7 Å². The molecule has 1 aromatic carbocycles. The third kappa shape index (κ3) is 4.19. The van der Waals surface area contributed by atoms with Crippen molar-refractivity contribution in [3.05, 3.63) is 50.7 Å². The molecule has 29 heavy (non-hydrogen) atoms. The maximum atomic E-state index is 12.5. The van der Waals surface area contributed by atoms with Crippen molar-refractivity contribution in [2.24, 2.45) is 7.05 Å². The van der Waals surface area contributed by atoms with Crippen LogP contribution in [0.25, 0.3) is 11.2 Å². The van der Waals surface area contributed by atoms with Gasteiger partial charge in [0, 0.05) is 20.1 Å². The molecule has 3 rings (SSSR count). The lowest BCUT2D eigenvalue weighted by atomic mass is 10.2. The second-order valence-corrected chi connectivity index (χ2v) is 6.96. The molecule has 0 fully saturated rings. The first kappa shape index (κ1) is 20.7. The van der Waals surface area contributed by atoms with Gasteiger partial charge in [0.1, 0.15) is 18.5 Å². The topological polar surface area (TPSA) is 105 Å². The van der Waals surface area contributed by atoms with Crippen LogP contribution in [-0.2, 0) is 13.6 Å². The zero-order valence-electron chi connectivity index (χ0n) is 17.2. The van der Waals surface area contributed by atoms with Crippen LogP contribution in [0, 0.1) is 6.92 Å². The van der Waals surface area contributed by atoms with E-state index in [9.17, 15) is 14.7 Å². The molecule has 2 aromatic heterocycles. The highest BCUT2D eigenvalue weighted by Gasteiger charge is 2.22. The summed E-state index contributed by atoms with van der Waals surface area (Å²) in [6.45, 7) is 7.45. The van der Waals surface area contributed by atoms with Gasteiger partial charge in [-0.15, -0.1) is 0 Å². The molecule has 0 saturated carbocycles. The van der Waals surface area contributed by atoms with Crippen LogP contribution in [0.2, 0.25) is 0 Å². The van der Waals surface area contributed by atoms with Crippen molar-refractivity contribution in [3.63, 3.8) is 0 Å². The molecule has 2 heterocycles. The fourth-order valence-corrected chi connectivity index (χ4v) is 3.23. The molecule has 0 saturated heterocycles. The van der Waals surface area contributed by atoms with Crippen LogP contribution in [0.5, 0.6) is 5.75 Å². The minimum atomic E-state index is -0.875. The van der Waals surface area contributed by atoms with Crippen molar-refractivity contribution in [1.82, 2.24) is 19.1 Å². The van der Waals surface area contributed by atoms with Crippen LogP contribution in [0.3, 0.4) is 0 Å². The number of aliphatic hydroxyl groups excluding tert-OH is 1. The van der Waals surface area contributed by atoms with Crippen LogP contribution in [0.4, 0.5) is 5.95 Å². The zero-order chi connectivity index (χ0) is 21.1. The van der Waals surface area contributed by atoms with Crippen molar-refractivity contribution in [2.45, 2.75) is 33.4 Å². The summed E-state index contributed by atoms with van der Waals surface area (Å²) in [6.07, 6.45) is -0.875. The minimum absolute atomic E-state index is 0.0596. The molecular weight excluding hydrogens is 374 g/mol. The number of hydrogen-bond donors (Lipinski definition) is 2. The maximum Gasteiger partial charge on any atom is 0.329 e. The number of anilines is 1. The van der Waals surface area contributed by atoms with Gasteiger partial charge in [-0.25, -0.2) is 4.79 Å². The van der Waals surface area contributed by atoms with Gasteiger partial charge in [0.05, 0.1) is 6.54 Å². The van der Waals surface area contributed by atoms with Gasteiger partial charge in [-0.2, -0.15) is 4.98 Å². The fourth-order valence-electron chi connectivity index (χ4n) is 3.23. The number of aryl methyl sites for hydroxylation is 2. The summed E-state index contributed by atoms with van der Waals surface area (Å²) in [5.74, 6) is 1.19. The normalized spacial score (nSPS) is 12.3. The lowest BCUT2D eigenvalue weighted by Crippen LogP contribution is -2.32. The summed E-state index contributed by atoms with van der Waals surface area (Å²) in [4.78, 5) is 33.3. The van der Waals surface area contributed by atoms with Crippen LogP contribution < -0.4 is 20.9 Å². The van der Waals surface area contributed by atoms with Gasteiger partial charge < -0.3 is 19.3 Å². The lowest BCUT2D eigenvalue weighted by Gasteiger charge is -2.22. The van der Waals surface area contributed by atoms with Crippen molar-refractivity contribution >= 4 is 17.1 Å². The number of fused-ring (bicyclic) bond motifs is 1. The number of aromatic nitrogens is 4. The summed E-state index contributed by atoms with van der Waals surface area (Å²) in [5.41, 5.74) is 0.606. The molecule has 0 spiro atoms. The molecule has 0 aliphatic carbocycles. The standard InChI is InChI=1S/C20H27N5O4/c1-5-24(6-2)19-21-17-16(18(27)22-20(28)23(17)4)25(19)11-14(26)12-29-15-9-7-13(3)8-10-15/h7-10,14,26H,5-6,11-12H2,1-4H3,(H,22,27,28)/t14-/m1/s1. The molecule has 2 N–H and O–H groups in total. The van der Waals surface area contributed by atoms with E-state index in [4.69, 9.17) is 4.74 Å². The average molecular weight is 401 g/mol. The van der Waals surface area contributed by atoms with E-state index in [1.807, 2.05) is 49.9 Å². The fraction of sp³-hybridized carbons (Fsp3) is 0.450. The second kappa shape index (κ2) is 8.52. The number of imidazole rings is 1. The summed E-state index contributed by atoms with van der Waals surface area (Å²) >= 11 is 0. The Bertz CT molecular complexity index is 1090. The van der Waals surface area contributed by atoms with Crippen LogP contribution >= 0.6 is 0 Å². The summed E-state index contributed by atoms with van der Waals surface area (Å²) in [6, 6.07) is 7.56. The molecule has 0 bridgehead atoms. The first-order chi connectivity index (χ1) is 13.8. The molecule has 0 aliphatic heterocycles. The van der Waals surface area contributed by atoms with E-state index in [1.54, 1.807) is 11.6 Å². The number of aromatic amines is 1. The Hall–Kier alpha value is -3.07. The predicted molar refractivity (Wildman–Crippen MR) is 112 cm³/mol. The van der Waals surface area contributed by atoms with Gasteiger partial charge >= 0.3 is 5.69 Å². The van der Waals surface area contributed by atoms with Crippen molar-refractivity contribution < 1.29 is 9.84 Å². The molecular formula is C20H27N5O4. The van der Waals surface area contributed by atoms with Gasteiger partial charge in [-0.05, 0) is 32.9 Å². The second-order valence-electron chi connectivity index (χ2n) is 6.96. The van der Waals surface area contributed by atoms with E-state index in [2.05, 4.69) is 9.97 Å². The van der Waals surface area contributed by atoms with Gasteiger partial charge in [-0.3, -0.25) is 14.3 Å². The number of hydrogen-bond acceptors (Lipinski definition) is 6. The minimum Gasteiger partial charge on any atom is -0.491 e. The van der Waals surface area contributed by atoms with Gasteiger partial charge in [0.25, 0.3) is 5.56 Å². The van der Waals surface area contributed by atoms with Crippen LogP contribution in [0.1, 0.15) is 19.4 Å². The van der Waals surface area contributed by atoms with Crippen LogP contribution in [0.15, 0.2) is 33.9 Å². The average Bonchev–Trinajstić information content (AvgIpc) is 3.06. The number of H-pyrrole nitrogens is 1. The number of ether oxygens (including phenoxy) is 1. The number of benzene rings is 1. The van der Waals surface area contributed by atoms with Crippen molar-refractivity contribution in [3.8, 4) is 5.75 Å². The largest absolute Gasteiger partial charge is 0.491 e. The predicted octanol–water partition coefficient (Wildman–Crippen LogP) is 1.02. The highest BCUT2D eigenvalue weighted by molar-refractivity contribution is 5.74. The Balaban J connectivity index is 1.94. The summed E-state index contributed by atoms with van der Waals surface area (Å²) in [7, 11) is 1.56. The first-order valence-corrected chi connectivity index (χ1v) is 9.67. The Labute approximate surface area is 168 Å². The summed E-state index contributed by atoms with van der Waals surface area (Å²) in [5, 5.41) is 10.6. The van der Waals surface area contributed by atoms with E-state index in [1.165, 1.54) is 4.57 Å². The van der Waals surface area contributed by atoms with Crippen molar-refractivity contribution in [2.75, 3.05) is 24.6 Å². The van der Waals surface area contributed by atoms with Crippen molar-refractivity contribution in [1.29, 1.82) is 0 Å². The Morgan fingerprint density at radius 2 is 1.86 bits per heavy atom. The molecule has 0 aliphatic rings. The van der Waals surface area contributed by atoms with E-state index >= 15 is 0 Å². The molecule has 0 unspecified atom stereocenters. The summed E-state index contributed by atoms with van der Waals surface area (Å²) < 4.78 is 8.63. The van der Waals surface area contributed by atoms with E-state index < -0.39 is 17.4 Å². The lowest BCUT2D eigenvalue weighted by molar-refractivity contribution is 0.0936. The van der Waals surface area contributed by atoms with E-state index in [-0.39, 0.29) is 24.3 Å².